The lowest BCUT2D eigenvalue weighted by molar-refractivity contribution is -0.139. The van der Waals surface area contributed by atoms with Gasteiger partial charge in [-0.3, -0.25) is 9.59 Å². The third-order valence-corrected chi connectivity index (χ3v) is 4.80. The monoisotopic (exact) mass is 445 g/mol. The molecule has 0 unspecified atom stereocenters. The minimum absolute atomic E-state index is 0.274. The Morgan fingerprint density at radius 3 is 2.18 bits per heavy atom. The van der Waals surface area contributed by atoms with Gasteiger partial charge in [0, 0.05) is 17.5 Å². The number of rotatable bonds is 10. The van der Waals surface area contributed by atoms with Crippen LogP contribution in [0.15, 0.2) is 84.0 Å². The zero-order valence-corrected chi connectivity index (χ0v) is 17.7. The molecule has 8 heteroatoms. The number of nitrogens with two attached hydrogens (primary N) is 1. The van der Waals surface area contributed by atoms with Crippen LogP contribution >= 0.6 is 0 Å². The molecular formula is C25H23N3O5. The smallest absolute Gasteiger partial charge is 0.341 e. The van der Waals surface area contributed by atoms with Gasteiger partial charge in [-0.25, -0.2) is 4.79 Å². The van der Waals surface area contributed by atoms with Crippen LogP contribution in [0.5, 0.6) is 5.75 Å². The van der Waals surface area contributed by atoms with E-state index in [0.717, 1.165) is 11.1 Å². The number of nitrogens with zero attached hydrogens (tertiary/aromatic N) is 1. The normalized spacial score (nSPS) is 11.6. The number of hydrogen-bond donors (Lipinski definition) is 3. The van der Waals surface area contributed by atoms with Gasteiger partial charge in [0.15, 0.2) is 12.4 Å². The lowest BCUT2D eigenvalue weighted by Gasteiger charge is -2.18. The first-order chi connectivity index (χ1) is 16.0. The number of Topliss-reactive ketones (excluding diaryl/α,β-unsaturated/α-hetero) is 1. The van der Waals surface area contributed by atoms with Gasteiger partial charge in [0.2, 0.25) is 0 Å². The van der Waals surface area contributed by atoms with E-state index in [9.17, 15) is 14.4 Å². The number of nitrogens with one attached hydrogen (secondary N) is 1. The molecule has 3 aromatic carbocycles. The number of amides is 1. The van der Waals surface area contributed by atoms with E-state index in [0.29, 0.717) is 23.3 Å². The molecule has 0 saturated heterocycles. The topological polar surface area (TPSA) is 131 Å². The summed E-state index contributed by atoms with van der Waals surface area (Å²) < 4.78 is 5.11. The largest absolute Gasteiger partial charge is 0.482 e. The Kier molecular flexibility index (Phi) is 7.91. The number of ether oxygens (including phenoxy) is 1. The summed E-state index contributed by atoms with van der Waals surface area (Å²) in [6.45, 7) is -0.476. The first kappa shape index (κ1) is 23.2. The molecule has 168 valence electrons. The van der Waals surface area contributed by atoms with Gasteiger partial charge in [0.05, 0.1) is 12.3 Å². The molecular weight excluding hydrogens is 422 g/mol. The zero-order chi connectivity index (χ0) is 23.6. The summed E-state index contributed by atoms with van der Waals surface area (Å²) in [5.41, 5.74) is 2.41. The number of hydrogen-bond acceptors (Lipinski definition) is 6. The summed E-state index contributed by atoms with van der Waals surface area (Å²) in [4.78, 5) is 36.8. The van der Waals surface area contributed by atoms with Crippen LogP contribution in [0.25, 0.3) is 0 Å². The first-order valence-corrected chi connectivity index (χ1v) is 10.1. The van der Waals surface area contributed by atoms with Gasteiger partial charge >= 0.3 is 5.97 Å². The van der Waals surface area contributed by atoms with Crippen molar-refractivity contribution in [1.82, 2.24) is 5.32 Å². The van der Waals surface area contributed by atoms with E-state index in [1.165, 1.54) is 18.3 Å². The van der Waals surface area contributed by atoms with Crippen LogP contribution in [0, 0.1) is 0 Å². The standard InChI is InChI=1S/C25H23N3O5/c26-27-15-18-6-8-20(9-7-18)25(32)28-22(14-17-4-2-1-3-5-17)24(31)19-10-12-21(13-11-19)33-16-23(29)30/h1-13,15,22H,14,16,26H2,(H,28,32)(H,29,30)/t22-/m0/s1. The van der Waals surface area contributed by atoms with Crippen LogP contribution in [-0.4, -0.2) is 41.6 Å². The summed E-state index contributed by atoms with van der Waals surface area (Å²) in [5, 5.41) is 15.0. The van der Waals surface area contributed by atoms with E-state index >= 15 is 0 Å². The van der Waals surface area contributed by atoms with Crippen LogP contribution in [0.2, 0.25) is 0 Å². The van der Waals surface area contributed by atoms with Crippen molar-refractivity contribution in [3.05, 3.63) is 101 Å². The van der Waals surface area contributed by atoms with E-state index < -0.39 is 18.6 Å². The molecule has 0 aliphatic rings. The first-order valence-electron chi connectivity index (χ1n) is 10.1. The summed E-state index contributed by atoms with van der Waals surface area (Å²) in [7, 11) is 0. The molecule has 33 heavy (non-hydrogen) atoms. The molecule has 4 N–H and O–H groups in total. The fraction of sp³-hybridized carbons (Fsp3) is 0.120. The van der Waals surface area contributed by atoms with E-state index in [4.69, 9.17) is 15.7 Å². The van der Waals surface area contributed by atoms with Crippen LogP contribution in [0.4, 0.5) is 0 Å². The van der Waals surface area contributed by atoms with Crippen LogP contribution < -0.4 is 15.9 Å². The minimum atomic E-state index is -1.09. The number of ketones is 1. The minimum Gasteiger partial charge on any atom is -0.482 e. The van der Waals surface area contributed by atoms with Crippen LogP contribution in [0.3, 0.4) is 0 Å². The second-order valence-corrected chi connectivity index (χ2v) is 7.19. The van der Waals surface area contributed by atoms with Gasteiger partial charge in [-0.05, 0) is 47.5 Å². The van der Waals surface area contributed by atoms with Gasteiger partial charge in [-0.2, -0.15) is 5.10 Å². The predicted molar refractivity (Wildman–Crippen MR) is 124 cm³/mol. The Morgan fingerprint density at radius 2 is 1.58 bits per heavy atom. The average molecular weight is 445 g/mol. The lowest BCUT2D eigenvalue weighted by Crippen LogP contribution is -2.42. The van der Waals surface area contributed by atoms with Crippen molar-refractivity contribution in [3.8, 4) is 5.75 Å². The molecule has 0 aliphatic heterocycles. The molecule has 0 fully saturated rings. The van der Waals surface area contributed by atoms with Crippen molar-refractivity contribution < 1.29 is 24.2 Å². The number of carboxylic acids is 1. The molecule has 1 atom stereocenters. The highest BCUT2D eigenvalue weighted by atomic mass is 16.5. The Labute approximate surface area is 190 Å². The zero-order valence-electron chi connectivity index (χ0n) is 17.7. The summed E-state index contributed by atoms with van der Waals surface area (Å²) >= 11 is 0. The number of carboxylic acid groups (broad SMARTS) is 1. The highest BCUT2D eigenvalue weighted by molar-refractivity contribution is 6.04. The van der Waals surface area contributed by atoms with Crippen molar-refractivity contribution in [1.29, 1.82) is 0 Å². The molecule has 0 radical (unpaired) electrons. The second-order valence-electron chi connectivity index (χ2n) is 7.19. The van der Waals surface area contributed by atoms with Gasteiger partial charge < -0.3 is 21.0 Å². The predicted octanol–water partition coefficient (Wildman–Crippen LogP) is 2.67. The average Bonchev–Trinajstić information content (AvgIpc) is 2.83. The molecule has 3 aromatic rings. The lowest BCUT2D eigenvalue weighted by atomic mass is 9.97. The summed E-state index contributed by atoms with van der Waals surface area (Å²) in [6, 6.07) is 21.4. The van der Waals surface area contributed by atoms with Crippen molar-refractivity contribution in [2.45, 2.75) is 12.5 Å². The van der Waals surface area contributed by atoms with E-state index in [1.807, 2.05) is 30.3 Å². The maximum Gasteiger partial charge on any atom is 0.341 e. The highest BCUT2D eigenvalue weighted by Crippen LogP contribution is 2.16. The van der Waals surface area contributed by atoms with Gasteiger partial charge in [-0.15, -0.1) is 0 Å². The Bertz CT molecular complexity index is 1130. The number of aliphatic carboxylic acids is 1. The van der Waals surface area contributed by atoms with E-state index in [-0.39, 0.29) is 11.7 Å². The van der Waals surface area contributed by atoms with Crippen LogP contribution in [-0.2, 0) is 11.2 Å². The maximum absolute atomic E-state index is 13.3. The molecule has 0 aliphatic carbocycles. The molecule has 0 aromatic heterocycles. The third kappa shape index (κ3) is 6.76. The summed E-state index contributed by atoms with van der Waals surface area (Å²) in [6.07, 6.45) is 1.77. The van der Waals surface area contributed by atoms with E-state index in [2.05, 4.69) is 10.4 Å². The van der Waals surface area contributed by atoms with Crippen molar-refractivity contribution in [2.75, 3.05) is 6.61 Å². The number of benzene rings is 3. The van der Waals surface area contributed by atoms with Crippen molar-refractivity contribution in [2.24, 2.45) is 10.9 Å². The molecule has 0 bridgehead atoms. The highest BCUT2D eigenvalue weighted by Gasteiger charge is 2.23. The quantitative estimate of drug-likeness (QED) is 0.190. The molecule has 0 spiro atoms. The fourth-order valence-electron chi connectivity index (χ4n) is 3.17. The number of carbonyl (C=O) groups is 3. The summed E-state index contributed by atoms with van der Waals surface area (Å²) in [5.74, 6) is 3.72. The molecule has 0 heterocycles. The van der Waals surface area contributed by atoms with E-state index in [1.54, 1.807) is 36.4 Å². The van der Waals surface area contributed by atoms with Crippen molar-refractivity contribution in [3.63, 3.8) is 0 Å². The van der Waals surface area contributed by atoms with Gasteiger partial charge in [0.1, 0.15) is 5.75 Å². The van der Waals surface area contributed by atoms with Crippen LogP contribution in [0.1, 0.15) is 31.8 Å². The Morgan fingerprint density at radius 1 is 0.939 bits per heavy atom. The SMILES string of the molecule is NN=Cc1ccc(C(=O)N[C@@H](Cc2ccccc2)C(=O)c2ccc(OCC(=O)O)cc2)cc1. The number of carbonyl (C=O) groups excluding carboxylic acids is 2. The molecule has 0 saturated carbocycles. The fourth-order valence-corrected chi connectivity index (χ4v) is 3.17. The Hall–Kier alpha value is -4.46. The molecule has 1 amide bonds. The number of hydrazone groups is 1. The molecule has 8 nitrogen and oxygen atoms in total. The Balaban J connectivity index is 1.79. The van der Waals surface area contributed by atoms with Gasteiger partial charge in [0.25, 0.3) is 5.91 Å². The van der Waals surface area contributed by atoms with Crippen molar-refractivity contribution >= 4 is 23.9 Å². The maximum atomic E-state index is 13.3. The second kappa shape index (κ2) is 11.2. The van der Waals surface area contributed by atoms with Gasteiger partial charge in [-0.1, -0.05) is 42.5 Å². The third-order valence-electron chi connectivity index (χ3n) is 4.80. The molecule has 3 rings (SSSR count).